The summed E-state index contributed by atoms with van der Waals surface area (Å²) in [5.74, 6) is -0.739. The highest BCUT2D eigenvalue weighted by molar-refractivity contribution is 5.86. The van der Waals surface area contributed by atoms with Crippen molar-refractivity contribution in [1.29, 1.82) is 0 Å². The van der Waals surface area contributed by atoms with Gasteiger partial charge in [0.1, 0.15) is 0 Å². The standard InChI is InChI=1S/C11H20O2/c1-4-5-6-7-8-9(2)10(3)11(12)13/h9H,3-8H2,1-2H3,(H,12,13). The largest absolute Gasteiger partial charge is 0.478 e. The van der Waals surface area contributed by atoms with Crippen molar-refractivity contribution < 1.29 is 9.90 Å². The average molecular weight is 184 g/mol. The van der Waals surface area contributed by atoms with Gasteiger partial charge in [-0.3, -0.25) is 0 Å². The van der Waals surface area contributed by atoms with Gasteiger partial charge in [-0.2, -0.15) is 0 Å². The summed E-state index contributed by atoms with van der Waals surface area (Å²) >= 11 is 0. The highest BCUT2D eigenvalue weighted by Gasteiger charge is 2.12. The number of carboxylic acid groups (broad SMARTS) is 1. The van der Waals surface area contributed by atoms with Crippen LogP contribution in [0.2, 0.25) is 0 Å². The van der Waals surface area contributed by atoms with Crippen LogP contribution in [0.4, 0.5) is 0 Å². The Morgan fingerprint density at radius 3 is 2.46 bits per heavy atom. The molecule has 76 valence electrons. The number of aliphatic carboxylic acids is 1. The lowest BCUT2D eigenvalue weighted by atomic mass is 9.96. The van der Waals surface area contributed by atoms with Crippen LogP contribution >= 0.6 is 0 Å². The minimum atomic E-state index is -0.858. The molecule has 0 bridgehead atoms. The Balaban J connectivity index is 3.56. The maximum atomic E-state index is 10.5. The maximum Gasteiger partial charge on any atom is 0.331 e. The molecule has 0 radical (unpaired) electrons. The minimum Gasteiger partial charge on any atom is -0.478 e. The number of hydrogen-bond donors (Lipinski definition) is 1. The number of carbonyl (C=O) groups is 1. The second-order valence-electron chi connectivity index (χ2n) is 3.58. The molecule has 2 nitrogen and oxygen atoms in total. The van der Waals surface area contributed by atoms with Gasteiger partial charge < -0.3 is 5.11 Å². The SMILES string of the molecule is C=C(C(=O)O)C(C)CCCCCC. The van der Waals surface area contributed by atoms with Crippen molar-refractivity contribution in [3.8, 4) is 0 Å². The Morgan fingerprint density at radius 2 is 2.00 bits per heavy atom. The van der Waals surface area contributed by atoms with Crippen molar-refractivity contribution in [2.24, 2.45) is 5.92 Å². The van der Waals surface area contributed by atoms with Crippen LogP contribution in [0.25, 0.3) is 0 Å². The van der Waals surface area contributed by atoms with Crippen molar-refractivity contribution in [3.63, 3.8) is 0 Å². The summed E-state index contributed by atoms with van der Waals surface area (Å²) in [4.78, 5) is 10.5. The average Bonchev–Trinajstić information content (AvgIpc) is 2.10. The van der Waals surface area contributed by atoms with Crippen LogP contribution in [-0.4, -0.2) is 11.1 Å². The molecular formula is C11H20O2. The van der Waals surface area contributed by atoms with E-state index < -0.39 is 5.97 Å². The lowest BCUT2D eigenvalue weighted by Gasteiger charge is -2.10. The van der Waals surface area contributed by atoms with Crippen LogP contribution in [0.15, 0.2) is 12.2 Å². The number of hydrogen-bond acceptors (Lipinski definition) is 1. The quantitative estimate of drug-likeness (QED) is 0.487. The van der Waals surface area contributed by atoms with E-state index >= 15 is 0 Å². The molecule has 0 aliphatic rings. The molecule has 0 aromatic rings. The van der Waals surface area contributed by atoms with E-state index in [1.165, 1.54) is 19.3 Å². The highest BCUT2D eigenvalue weighted by atomic mass is 16.4. The summed E-state index contributed by atoms with van der Waals surface area (Å²) in [5.41, 5.74) is 0.344. The van der Waals surface area contributed by atoms with Crippen molar-refractivity contribution >= 4 is 5.97 Å². The first kappa shape index (κ1) is 12.2. The highest BCUT2D eigenvalue weighted by Crippen LogP contribution is 2.17. The van der Waals surface area contributed by atoms with Crippen molar-refractivity contribution in [1.82, 2.24) is 0 Å². The van der Waals surface area contributed by atoms with Crippen LogP contribution in [0.1, 0.15) is 46.0 Å². The van der Waals surface area contributed by atoms with Crippen LogP contribution in [0.5, 0.6) is 0 Å². The Labute approximate surface area is 80.7 Å². The van der Waals surface area contributed by atoms with Gasteiger partial charge in [0.25, 0.3) is 0 Å². The van der Waals surface area contributed by atoms with E-state index in [0.717, 1.165) is 12.8 Å². The number of carboxylic acids is 1. The molecule has 0 amide bonds. The van der Waals surface area contributed by atoms with Gasteiger partial charge in [-0.05, 0) is 12.3 Å². The Kier molecular flexibility index (Phi) is 6.29. The van der Waals surface area contributed by atoms with Crippen LogP contribution in [-0.2, 0) is 4.79 Å². The van der Waals surface area contributed by atoms with Gasteiger partial charge in [0.15, 0.2) is 0 Å². The topological polar surface area (TPSA) is 37.3 Å². The minimum absolute atomic E-state index is 0.120. The van der Waals surface area contributed by atoms with Crippen molar-refractivity contribution in [2.45, 2.75) is 46.0 Å². The first-order chi connectivity index (χ1) is 6.09. The van der Waals surface area contributed by atoms with Gasteiger partial charge in [-0.15, -0.1) is 0 Å². The summed E-state index contributed by atoms with van der Waals surface area (Å²) in [7, 11) is 0. The molecule has 0 aromatic heterocycles. The molecule has 1 atom stereocenters. The lowest BCUT2D eigenvalue weighted by molar-refractivity contribution is -0.133. The summed E-state index contributed by atoms with van der Waals surface area (Å²) in [6.07, 6.45) is 5.72. The third kappa shape index (κ3) is 5.45. The first-order valence-corrected chi connectivity index (χ1v) is 5.01. The van der Waals surface area contributed by atoms with E-state index in [0.29, 0.717) is 5.57 Å². The molecule has 0 saturated heterocycles. The van der Waals surface area contributed by atoms with Gasteiger partial charge in [0, 0.05) is 5.57 Å². The molecule has 0 aliphatic carbocycles. The van der Waals surface area contributed by atoms with Gasteiger partial charge in [-0.1, -0.05) is 46.1 Å². The molecule has 0 rings (SSSR count). The molecule has 1 unspecified atom stereocenters. The molecule has 0 aromatic carbocycles. The van der Waals surface area contributed by atoms with Crippen molar-refractivity contribution in [2.75, 3.05) is 0 Å². The molecule has 0 heterocycles. The third-order valence-electron chi connectivity index (χ3n) is 2.36. The van der Waals surface area contributed by atoms with E-state index in [1.54, 1.807) is 0 Å². The third-order valence-corrected chi connectivity index (χ3v) is 2.36. The fourth-order valence-electron chi connectivity index (χ4n) is 1.26. The predicted molar refractivity (Wildman–Crippen MR) is 54.7 cm³/mol. The smallest absolute Gasteiger partial charge is 0.331 e. The first-order valence-electron chi connectivity index (χ1n) is 5.01. The van der Waals surface area contributed by atoms with Crippen LogP contribution in [0, 0.1) is 5.92 Å². The molecule has 1 N–H and O–H groups in total. The molecule has 0 fully saturated rings. The molecule has 0 spiro atoms. The monoisotopic (exact) mass is 184 g/mol. The predicted octanol–water partition coefficient (Wildman–Crippen LogP) is 3.23. The van der Waals surface area contributed by atoms with E-state index in [1.807, 2.05) is 6.92 Å². The second kappa shape index (κ2) is 6.70. The summed E-state index contributed by atoms with van der Waals surface area (Å²) < 4.78 is 0. The van der Waals surface area contributed by atoms with E-state index in [-0.39, 0.29) is 5.92 Å². The van der Waals surface area contributed by atoms with E-state index in [4.69, 9.17) is 5.11 Å². The molecular weight excluding hydrogens is 164 g/mol. The molecule has 2 heteroatoms. The summed E-state index contributed by atoms with van der Waals surface area (Å²) in [6.45, 7) is 7.65. The van der Waals surface area contributed by atoms with E-state index in [2.05, 4.69) is 13.5 Å². The Hall–Kier alpha value is -0.790. The van der Waals surface area contributed by atoms with Gasteiger partial charge >= 0.3 is 5.97 Å². The van der Waals surface area contributed by atoms with Gasteiger partial charge in [0.05, 0.1) is 0 Å². The molecule has 0 saturated carbocycles. The lowest BCUT2D eigenvalue weighted by Crippen LogP contribution is -2.08. The fourth-order valence-corrected chi connectivity index (χ4v) is 1.26. The fraction of sp³-hybridized carbons (Fsp3) is 0.727. The zero-order valence-corrected chi connectivity index (χ0v) is 8.68. The molecule has 0 aliphatic heterocycles. The Morgan fingerprint density at radius 1 is 1.38 bits per heavy atom. The zero-order valence-electron chi connectivity index (χ0n) is 8.68. The zero-order chi connectivity index (χ0) is 10.3. The normalized spacial score (nSPS) is 12.5. The summed E-state index contributed by atoms with van der Waals surface area (Å²) in [5, 5.41) is 8.66. The second-order valence-corrected chi connectivity index (χ2v) is 3.58. The maximum absolute atomic E-state index is 10.5. The van der Waals surface area contributed by atoms with Crippen molar-refractivity contribution in [3.05, 3.63) is 12.2 Å². The molecule has 13 heavy (non-hydrogen) atoms. The number of rotatable bonds is 7. The van der Waals surface area contributed by atoms with Gasteiger partial charge in [-0.25, -0.2) is 4.79 Å². The van der Waals surface area contributed by atoms with E-state index in [9.17, 15) is 4.79 Å². The van der Waals surface area contributed by atoms with Gasteiger partial charge in [0.2, 0.25) is 0 Å². The van der Waals surface area contributed by atoms with Crippen LogP contribution < -0.4 is 0 Å². The Bertz CT molecular complexity index is 173. The van der Waals surface area contributed by atoms with Crippen LogP contribution in [0.3, 0.4) is 0 Å². The summed E-state index contributed by atoms with van der Waals surface area (Å²) in [6, 6.07) is 0. The number of unbranched alkanes of at least 4 members (excludes halogenated alkanes) is 3.